The van der Waals surface area contributed by atoms with E-state index in [0.717, 1.165) is 17.7 Å². The Morgan fingerprint density at radius 1 is 0.804 bits per heavy atom. The first-order valence-corrected chi connectivity index (χ1v) is 16.0. The monoisotopic (exact) mass is 617 g/mol. The average molecular weight is 618 g/mol. The Kier molecular flexibility index (Phi) is 10.5. The molecule has 1 aliphatic heterocycles. The minimum atomic E-state index is -0.292. The van der Waals surface area contributed by atoms with Crippen molar-refractivity contribution in [2.45, 2.75) is 46.0 Å². The summed E-state index contributed by atoms with van der Waals surface area (Å²) < 4.78 is 0. The van der Waals surface area contributed by atoms with Crippen LogP contribution in [0.15, 0.2) is 109 Å². The van der Waals surface area contributed by atoms with E-state index in [1.165, 1.54) is 11.1 Å². The van der Waals surface area contributed by atoms with Crippen LogP contribution in [0.4, 0.5) is 5.69 Å². The van der Waals surface area contributed by atoms with Crippen LogP contribution in [0.1, 0.15) is 76.9 Å². The molecule has 1 aliphatic rings. The highest BCUT2D eigenvalue weighted by Gasteiger charge is 2.28. The van der Waals surface area contributed by atoms with Crippen molar-refractivity contribution in [2.75, 3.05) is 31.2 Å². The van der Waals surface area contributed by atoms with Crippen LogP contribution in [0.3, 0.4) is 0 Å². The molecule has 0 unspecified atom stereocenters. The molecule has 0 atom stereocenters. The lowest BCUT2D eigenvalue weighted by atomic mass is 9.88. The van der Waals surface area contributed by atoms with Crippen molar-refractivity contribution in [3.8, 4) is 0 Å². The molecule has 7 heteroatoms. The predicted molar refractivity (Wildman–Crippen MR) is 182 cm³/mol. The largest absolute Gasteiger partial charge is 0.350 e. The number of carbonyl (C=O) groups is 3. The first-order valence-electron chi connectivity index (χ1n) is 16.0. The molecular formula is C39H43N3O4. The van der Waals surface area contributed by atoms with Gasteiger partial charge in [-0.05, 0) is 59.2 Å². The lowest BCUT2D eigenvalue weighted by Crippen LogP contribution is -2.39. The Bertz CT molecular complexity index is 1580. The van der Waals surface area contributed by atoms with Crippen LogP contribution >= 0.6 is 0 Å². The second-order valence-electron chi connectivity index (χ2n) is 12.9. The highest BCUT2D eigenvalue weighted by molar-refractivity contribution is 5.98. The summed E-state index contributed by atoms with van der Waals surface area (Å²) in [5, 5.41) is 4.64. The van der Waals surface area contributed by atoms with Gasteiger partial charge in [0.15, 0.2) is 0 Å². The van der Waals surface area contributed by atoms with E-state index in [2.05, 4.69) is 29.6 Å². The molecule has 0 spiro atoms. The van der Waals surface area contributed by atoms with Crippen molar-refractivity contribution in [3.63, 3.8) is 0 Å². The summed E-state index contributed by atoms with van der Waals surface area (Å²) in [6.45, 7) is 7.66. The van der Waals surface area contributed by atoms with Gasteiger partial charge in [0.2, 0.25) is 0 Å². The molecule has 0 saturated heterocycles. The van der Waals surface area contributed by atoms with E-state index in [1.807, 2.05) is 105 Å². The third kappa shape index (κ3) is 8.42. The number of benzene rings is 4. The van der Waals surface area contributed by atoms with Crippen molar-refractivity contribution in [1.29, 1.82) is 0 Å². The van der Waals surface area contributed by atoms with Gasteiger partial charge in [-0.15, -0.1) is 0 Å². The zero-order valence-corrected chi connectivity index (χ0v) is 26.9. The van der Waals surface area contributed by atoms with Crippen LogP contribution in [0, 0.1) is 5.41 Å². The maximum atomic E-state index is 13.7. The summed E-state index contributed by atoms with van der Waals surface area (Å²) in [7, 11) is 0. The molecule has 4 aromatic rings. The molecule has 4 aromatic carbocycles. The molecule has 0 bridgehead atoms. The summed E-state index contributed by atoms with van der Waals surface area (Å²) in [5.74, 6) is -0.447. The topological polar surface area (TPSA) is 79.0 Å². The Labute approximate surface area is 272 Å². The molecule has 46 heavy (non-hydrogen) atoms. The quantitative estimate of drug-likeness (QED) is 0.185. The van der Waals surface area contributed by atoms with Crippen LogP contribution in [0.25, 0.3) is 0 Å². The number of anilines is 1. The number of rotatable bonds is 12. The number of hydroxylamine groups is 1. The highest BCUT2D eigenvalue weighted by Crippen LogP contribution is 2.32. The number of nitrogens with zero attached hydrogens (tertiary/aromatic N) is 2. The minimum absolute atomic E-state index is 0.0666. The normalized spacial score (nSPS) is 12.5. The van der Waals surface area contributed by atoms with Gasteiger partial charge in [0.1, 0.15) is 0 Å². The third-order valence-electron chi connectivity index (χ3n) is 8.18. The molecule has 2 amide bonds. The Hall–Kier alpha value is -4.91. The molecule has 0 saturated carbocycles. The molecular weight excluding hydrogens is 574 g/mol. The van der Waals surface area contributed by atoms with Crippen LogP contribution < -0.4 is 10.4 Å². The second-order valence-corrected chi connectivity index (χ2v) is 12.9. The molecule has 7 nitrogen and oxygen atoms in total. The summed E-state index contributed by atoms with van der Waals surface area (Å²) in [5.41, 5.74) is 4.99. The predicted octanol–water partition coefficient (Wildman–Crippen LogP) is 7.04. The fraction of sp³-hybridized carbons (Fsp3) is 0.308. The molecule has 5 rings (SSSR count). The van der Waals surface area contributed by atoms with Crippen molar-refractivity contribution < 1.29 is 19.2 Å². The first kappa shape index (κ1) is 32.5. The summed E-state index contributed by atoms with van der Waals surface area (Å²) >= 11 is 0. The summed E-state index contributed by atoms with van der Waals surface area (Å²) in [6, 6.07) is 35.5. The summed E-state index contributed by atoms with van der Waals surface area (Å²) in [4.78, 5) is 47.1. The second kappa shape index (κ2) is 14.9. The van der Waals surface area contributed by atoms with Crippen LogP contribution in [-0.2, 0) is 16.1 Å². The molecule has 1 heterocycles. The van der Waals surface area contributed by atoms with Gasteiger partial charge in [-0.25, -0.2) is 9.86 Å². The molecule has 0 aromatic heterocycles. The van der Waals surface area contributed by atoms with Crippen molar-refractivity contribution in [3.05, 3.63) is 137 Å². The fourth-order valence-corrected chi connectivity index (χ4v) is 5.96. The van der Waals surface area contributed by atoms with E-state index in [1.54, 1.807) is 11.1 Å². The standard InChI is InChI=1S/C39H43N3O4/c1-39(2,3)28-36(43)46-42-26-23-33-34(20-13-21-35(33)42)37(44)40-24-27-41(38(45)31-18-11-6-12-19-31)25-22-32(29-14-7-4-8-15-29)30-16-9-5-10-17-30/h4-21,32H,22-28H2,1-3H3,(H,40,44). The highest BCUT2D eigenvalue weighted by atomic mass is 16.7. The van der Waals surface area contributed by atoms with Gasteiger partial charge in [0.25, 0.3) is 11.8 Å². The molecule has 1 N–H and O–H groups in total. The first-order chi connectivity index (χ1) is 22.2. The van der Waals surface area contributed by atoms with Gasteiger partial charge in [0.05, 0.1) is 18.7 Å². The van der Waals surface area contributed by atoms with Gasteiger partial charge >= 0.3 is 5.97 Å². The van der Waals surface area contributed by atoms with E-state index in [9.17, 15) is 14.4 Å². The Morgan fingerprint density at radius 3 is 2.02 bits per heavy atom. The van der Waals surface area contributed by atoms with Gasteiger partial charge in [-0.2, -0.15) is 0 Å². The third-order valence-corrected chi connectivity index (χ3v) is 8.18. The fourth-order valence-electron chi connectivity index (χ4n) is 5.96. The van der Waals surface area contributed by atoms with Crippen molar-refractivity contribution in [1.82, 2.24) is 10.2 Å². The molecule has 0 fully saturated rings. The number of nitrogens with one attached hydrogen (secondary N) is 1. The minimum Gasteiger partial charge on any atom is -0.350 e. The van der Waals surface area contributed by atoms with E-state index < -0.39 is 0 Å². The average Bonchev–Trinajstić information content (AvgIpc) is 3.46. The SMILES string of the molecule is CC(C)(C)CC(=O)ON1CCc2c(C(=O)NCCN(CCC(c3ccccc3)c3ccccc3)C(=O)c3ccccc3)cccc21. The Morgan fingerprint density at radius 2 is 1.41 bits per heavy atom. The van der Waals surface area contributed by atoms with Crippen LogP contribution in [0.5, 0.6) is 0 Å². The van der Waals surface area contributed by atoms with E-state index >= 15 is 0 Å². The van der Waals surface area contributed by atoms with Gasteiger partial charge in [-0.3, -0.25) is 9.59 Å². The van der Waals surface area contributed by atoms with Gasteiger partial charge in [0, 0.05) is 36.7 Å². The van der Waals surface area contributed by atoms with E-state index in [-0.39, 0.29) is 29.1 Å². The van der Waals surface area contributed by atoms with E-state index in [4.69, 9.17) is 4.84 Å². The number of hydrogen-bond acceptors (Lipinski definition) is 5. The van der Waals surface area contributed by atoms with Crippen LogP contribution in [0.2, 0.25) is 0 Å². The van der Waals surface area contributed by atoms with E-state index in [0.29, 0.717) is 50.1 Å². The lowest BCUT2D eigenvalue weighted by molar-refractivity contribution is -0.147. The number of hydrogen-bond donors (Lipinski definition) is 1. The molecule has 0 aliphatic carbocycles. The number of amides is 2. The maximum absolute atomic E-state index is 13.7. The zero-order valence-electron chi connectivity index (χ0n) is 26.9. The number of fused-ring (bicyclic) bond motifs is 1. The van der Waals surface area contributed by atoms with Gasteiger partial charge < -0.3 is 15.1 Å². The lowest BCUT2D eigenvalue weighted by Gasteiger charge is -2.26. The zero-order chi connectivity index (χ0) is 32.5. The smallest absolute Gasteiger partial charge is 0.332 e. The van der Waals surface area contributed by atoms with Crippen LogP contribution in [-0.4, -0.2) is 48.9 Å². The molecule has 238 valence electrons. The van der Waals surface area contributed by atoms with Crippen molar-refractivity contribution >= 4 is 23.5 Å². The number of carbonyl (C=O) groups excluding carboxylic acids is 3. The Balaban J connectivity index is 1.27. The summed E-state index contributed by atoms with van der Waals surface area (Å²) in [6.07, 6.45) is 1.63. The molecule has 0 radical (unpaired) electrons. The van der Waals surface area contributed by atoms with Crippen molar-refractivity contribution in [2.24, 2.45) is 5.41 Å². The maximum Gasteiger partial charge on any atom is 0.332 e. The van der Waals surface area contributed by atoms with Gasteiger partial charge in [-0.1, -0.05) is 106 Å².